The third-order valence-corrected chi connectivity index (χ3v) is 4.10. The van der Waals surface area contributed by atoms with E-state index in [0.717, 1.165) is 11.1 Å². The minimum atomic E-state index is -0.168. The van der Waals surface area contributed by atoms with Crippen LogP contribution in [-0.2, 0) is 13.2 Å². The van der Waals surface area contributed by atoms with E-state index in [0.29, 0.717) is 25.2 Å². The number of aliphatic hydroxyl groups is 1. The molecule has 1 aromatic rings. The van der Waals surface area contributed by atoms with Crippen molar-refractivity contribution in [3.05, 3.63) is 35.4 Å². The second kappa shape index (κ2) is 7.43. The molecule has 21 heavy (non-hydrogen) atoms. The Morgan fingerprint density at radius 3 is 2.62 bits per heavy atom. The number of likely N-dealkylation sites (N-methyl/N-ethyl adjacent to an activating group) is 1. The summed E-state index contributed by atoms with van der Waals surface area (Å²) in [6.45, 7) is 3.18. The molecule has 1 fully saturated rings. The Balaban J connectivity index is 1.72. The maximum Gasteiger partial charge on any atom is 0.315 e. The Bertz CT molecular complexity index is 474. The number of carbonyl (C=O) groups excluding carboxylic acids is 1. The van der Waals surface area contributed by atoms with Crippen LogP contribution in [0.5, 0.6) is 0 Å². The van der Waals surface area contributed by atoms with Crippen molar-refractivity contribution < 1.29 is 9.90 Å². The maximum absolute atomic E-state index is 11.8. The van der Waals surface area contributed by atoms with Crippen LogP contribution in [0.25, 0.3) is 0 Å². The second-order valence-electron chi connectivity index (χ2n) is 5.74. The van der Waals surface area contributed by atoms with Gasteiger partial charge in [0, 0.05) is 25.2 Å². The molecule has 0 saturated heterocycles. The zero-order valence-corrected chi connectivity index (χ0v) is 12.8. The molecule has 0 aromatic heterocycles. The highest BCUT2D eigenvalue weighted by atomic mass is 16.3. The monoisotopic (exact) mass is 291 g/mol. The van der Waals surface area contributed by atoms with Crippen LogP contribution in [0, 0.1) is 0 Å². The van der Waals surface area contributed by atoms with Gasteiger partial charge in [0.05, 0.1) is 6.61 Å². The molecule has 1 aromatic carbocycles. The number of hydrogen-bond acceptors (Lipinski definition) is 3. The summed E-state index contributed by atoms with van der Waals surface area (Å²) in [6.07, 6.45) is 2.54. The highest BCUT2D eigenvalue weighted by Gasteiger charge is 2.29. The van der Waals surface area contributed by atoms with Gasteiger partial charge in [0.25, 0.3) is 0 Å². The number of carbonyl (C=O) groups is 1. The van der Waals surface area contributed by atoms with Crippen LogP contribution in [0.4, 0.5) is 4.79 Å². The predicted octanol–water partition coefficient (Wildman–Crippen LogP) is 1.46. The highest BCUT2D eigenvalue weighted by molar-refractivity contribution is 5.73. The molecule has 1 saturated carbocycles. The summed E-state index contributed by atoms with van der Waals surface area (Å²) in [5.41, 5.74) is 1.79. The molecule has 3 N–H and O–H groups in total. The zero-order valence-electron chi connectivity index (χ0n) is 12.8. The lowest BCUT2D eigenvalue weighted by atomic mass is 10.1. The molecule has 1 aliphatic carbocycles. The summed E-state index contributed by atoms with van der Waals surface area (Å²) in [4.78, 5) is 14.1. The van der Waals surface area contributed by atoms with E-state index in [4.69, 9.17) is 0 Å². The molecule has 0 radical (unpaired) electrons. The van der Waals surface area contributed by atoms with Crippen molar-refractivity contribution in [2.75, 3.05) is 13.6 Å². The van der Waals surface area contributed by atoms with Gasteiger partial charge in [0.2, 0.25) is 0 Å². The Morgan fingerprint density at radius 1 is 1.33 bits per heavy atom. The van der Waals surface area contributed by atoms with Crippen molar-refractivity contribution in [1.82, 2.24) is 15.5 Å². The van der Waals surface area contributed by atoms with Gasteiger partial charge in [-0.2, -0.15) is 0 Å². The number of aliphatic hydroxyl groups excluding tert-OH is 1. The molecule has 1 unspecified atom stereocenters. The summed E-state index contributed by atoms with van der Waals surface area (Å²) in [6, 6.07) is 8.43. The molecule has 116 valence electrons. The molecule has 0 aliphatic heterocycles. The van der Waals surface area contributed by atoms with Gasteiger partial charge in [-0.15, -0.1) is 0 Å². The van der Waals surface area contributed by atoms with Crippen LogP contribution < -0.4 is 10.6 Å². The lowest BCUT2D eigenvalue weighted by Gasteiger charge is -2.24. The van der Waals surface area contributed by atoms with E-state index < -0.39 is 0 Å². The van der Waals surface area contributed by atoms with Crippen LogP contribution in [0.1, 0.15) is 30.9 Å². The quantitative estimate of drug-likeness (QED) is 0.712. The summed E-state index contributed by atoms with van der Waals surface area (Å²) in [7, 11) is 2.11. The van der Waals surface area contributed by atoms with Gasteiger partial charge in [-0.05, 0) is 37.9 Å². The maximum atomic E-state index is 11.8. The second-order valence-corrected chi connectivity index (χ2v) is 5.74. The molecule has 2 amide bonds. The highest BCUT2D eigenvalue weighted by Crippen LogP contribution is 2.26. The fraction of sp³-hybridized carbons (Fsp3) is 0.562. The lowest BCUT2D eigenvalue weighted by molar-refractivity contribution is 0.222. The van der Waals surface area contributed by atoms with Crippen molar-refractivity contribution in [2.24, 2.45) is 0 Å². The molecular formula is C16H25N3O2. The van der Waals surface area contributed by atoms with E-state index in [1.165, 1.54) is 12.8 Å². The van der Waals surface area contributed by atoms with Gasteiger partial charge in [-0.3, -0.25) is 4.90 Å². The van der Waals surface area contributed by atoms with E-state index in [2.05, 4.69) is 29.5 Å². The first-order chi connectivity index (χ1) is 10.1. The summed E-state index contributed by atoms with van der Waals surface area (Å²) < 4.78 is 0. The first-order valence-corrected chi connectivity index (χ1v) is 7.53. The largest absolute Gasteiger partial charge is 0.392 e. The average Bonchev–Trinajstić information content (AvgIpc) is 3.34. The van der Waals surface area contributed by atoms with Gasteiger partial charge in [-0.25, -0.2) is 4.79 Å². The molecule has 0 spiro atoms. The van der Waals surface area contributed by atoms with E-state index in [1.54, 1.807) is 0 Å². The zero-order chi connectivity index (χ0) is 15.2. The lowest BCUT2D eigenvalue weighted by Crippen LogP contribution is -2.44. The minimum absolute atomic E-state index is 0.0112. The normalized spacial score (nSPS) is 15.8. The molecular weight excluding hydrogens is 266 g/mol. The Hall–Kier alpha value is -1.59. The van der Waals surface area contributed by atoms with Crippen LogP contribution in [0.2, 0.25) is 0 Å². The Labute approximate surface area is 126 Å². The topological polar surface area (TPSA) is 64.6 Å². The van der Waals surface area contributed by atoms with Gasteiger partial charge >= 0.3 is 6.03 Å². The van der Waals surface area contributed by atoms with Crippen molar-refractivity contribution in [2.45, 2.75) is 45.0 Å². The fourth-order valence-electron chi connectivity index (χ4n) is 2.35. The first-order valence-electron chi connectivity index (χ1n) is 7.53. The van der Waals surface area contributed by atoms with Gasteiger partial charge in [-0.1, -0.05) is 24.3 Å². The fourth-order valence-corrected chi connectivity index (χ4v) is 2.35. The number of rotatable bonds is 7. The van der Waals surface area contributed by atoms with Gasteiger partial charge in [0.1, 0.15) is 0 Å². The third-order valence-electron chi connectivity index (χ3n) is 4.10. The number of urea groups is 1. The van der Waals surface area contributed by atoms with Crippen LogP contribution in [0.15, 0.2) is 24.3 Å². The SMILES string of the molecule is CC(CNC(=O)NCc1ccccc1CO)N(C)C1CC1. The number of benzene rings is 1. The van der Waals surface area contributed by atoms with E-state index in [1.807, 2.05) is 24.3 Å². The molecule has 5 heteroatoms. The van der Waals surface area contributed by atoms with E-state index >= 15 is 0 Å². The molecule has 1 aliphatic rings. The van der Waals surface area contributed by atoms with Gasteiger partial charge < -0.3 is 15.7 Å². The van der Waals surface area contributed by atoms with Crippen molar-refractivity contribution >= 4 is 6.03 Å². The minimum Gasteiger partial charge on any atom is -0.392 e. The Morgan fingerprint density at radius 2 is 2.00 bits per heavy atom. The Kier molecular flexibility index (Phi) is 5.59. The predicted molar refractivity (Wildman–Crippen MR) is 82.9 cm³/mol. The number of amides is 2. The third kappa shape index (κ3) is 4.72. The standard InChI is InChI=1S/C16H25N3O2/c1-12(19(2)15-7-8-15)9-17-16(21)18-10-13-5-3-4-6-14(13)11-20/h3-6,12,15,20H,7-11H2,1-2H3,(H2,17,18,21). The van der Waals surface area contributed by atoms with E-state index in [-0.39, 0.29) is 12.6 Å². The van der Waals surface area contributed by atoms with Gasteiger partial charge in [0.15, 0.2) is 0 Å². The smallest absolute Gasteiger partial charge is 0.315 e. The van der Waals surface area contributed by atoms with Crippen LogP contribution in [-0.4, -0.2) is 41.7 Å². The van der Waals surface area contributed by atoms with Crippen LogP contribution in [0.3, 0.4) is 0 Å². The number of nitrogens with one attached hydrogen (secondary N) is 2. The molecule has 0 bridgehead atoms. The summed E-state index contributed by atoms with van der Waals surface area (Å²) in [5.74, 6) is 0. The molecule has 2 rings (SSSR count). The summed E-state index contributed by atoms with van der Waals surface area (Å²) >= 11 is 0. The average molecular weight is 291 g/mol. The molecule has 1 atom stereocenters. The van der Waals surface area contributed by atoms with Crippen molar-refractivity contribution in [3.8, 4) is 0 Å². The number of nitrogens with zero attached hydrogens (tertiary/aromatic N) is 1. The first kappa shape index (κ1) is 15.8. The van der Waals surface area contributed by atoms with Crippen LogP contribution >= 0.6 is 0 Å². The number of hydrogen-bond donors (Lipinski definition) is 3. The molecule has 0 heterocycles. The summed E-state index contributed by atoms with van der Waals surface area (Å²) in [5, 5.41) is 15.0. The van der Waals surface area contributed by atoms with E-state index in [9.17, 15) is 9.90 Å². The van der Waals surface area contributed by atoms with Crippen molar-refractivity contribution in [1.29, 1.82) is 0 Å². The van der Waals surface area contributed by atoms with Crippen molar-refractivity contribution in [3.63, 3.8) is 0 Å². The molecule has 5 nitrogen and oxygen atoms in total.